The van der Waals surface area contributed by atoms with Crippen LogP contribution in [0.25, 0.3) is 0 Å². The second kappa shape index (κ2) is 8.27. The SMILES string of the molecule is N#Cc1c(NC(=O)COC(=O)c2ccc3c(c2)NC(=O)CS3)sc2c1CCCC2. The zero-order chi connectivity index (χ0) is 20.4. The Bertz CT molecular complexity index is 1050. The van der Waals surface area contributed by atoms with Crippen LogP contribution in [0.4, 0.5) is 10.7 Å². The molecule has 1 aromatic heterocycles. The number of nitrogens with zero attached hydrogens (tertiary/aromatic N) is 1. The van der Waals surface area contributed by atoms with Crippen molar-refractivity contribution in [3.8, 4) is 6.07 Å². The molecule has 0 saturated carbocycles. The summed E-state index contributed by atoms with van der Waals surface area (Å²) < 4.78 is 5.11. The Morgan fingerprint density at radius 1 is 1.28 bits per heavy atom. The predicted molar refractivity (Wildman–Crippen MR) is 110 cm³/mol. The molecule has 148 valence electrons. The molecule has 0 saturated heterocycles. The maximum Gasteiger partial charge on any atom is 0.338 e. The molecule has 0 spiro atoms. The predicted octanol–water partition coefficient (Wildman–Crippen LogP) is 3.34. The molecule has 4 rings (SSSR count). The molecule has 2 N–H and O–H groups in total. The molecule has 29 heavy (non-hydrogen) atoms. The maximum atomic E-state index is 12.3. The molecule has 1 aromatic carbocycles. The number of benzene rings is 1. The summed E-state index contributed by atoms with van der Waals surface area (Å²) in [4.78, 5) is 38.1. The zero-order valence-corrected chi connectivity index (χ0v) is 17.0. The van der Waals surface area contributed by atoms with Gasteiger partial charge < -0.3 is 15.4 Å². The third-order valence-electron chi connectivity index (χ3n) is 4.72. The van der Waals surface area contributed by atoms with E-state index in [4.69, 9.17) is 4.74 Å². The van der Waals surface area contributed by atoms with Crippen LogP contribution in [0.15, 0.2) is 23.1 Å². The molecule has 7 nitrogen and oxygen atoms in total. The summed E-state index contributed by atoms with van der Waals surface area (Å²) >= 11 is 2.82. The van der Waals surface area contributed by atoms with Crippen molar-refractivity contribution < 1.29 is 19.1 Å². The van der Waals surface area contributed by atoms with Crippen molar-refractivity contribution in [3.05, 3.63) is 39.8 Å². The summed E-state index contributed by atoms with van der Waals surface area (Å²) in [6, 6.07) is 7.07. The minimum atomic E-state index is -0.654. The highest BCUT2D eigenvalue weighted by Gasteiger charge is 2.22. The number of thioether (sulfide) groups is 1. The standard InChI is InChI=1S/C20H17N3O4S2/c21-8-13-12-3-1-2-4-15(12)29-19(13)23-17(24)9-27-20(26)11-5-6-16-14(7-11)22-18(25)10-28-16/h5-7H,1-4,9-10H2,(H,22,25)(H,23,24). The minimum absolute atomic E-state index is 0.126. The van der Waals surface area contributed by atoms with Crippen LogP contribution in [0.3, 0.4) is 0 Å². The summed E-state index contributed by atoms with van der Waals surface area (Å²) in [5.41, 5.74) is 2.37. The molecule has 2 amide bonds. The number of nitrogens with one attached hydrogen (secondary N) is 2. The van der Waals surface area contributed by atoms with Crippen LogP contribution in [0.5, 0.6) is 0 Å². The number of rotatable bonds is 4. The van der Waals surface area contributed by atoms with Gasteiger partial charge in [-0.1, -0.05) is 0 Å². The first-order valence-corrected chi connectivity index (χ1v) is 10.9. The van der Waals surface area contributed by atoms with Gasteiger partial charge in [-0.05, 0) is 49.4 Å². The summed E-state index contributed by atoms with van der Waals surface area (Å²) in [6.45, 7) is -0.454. The fourth-order valence-corrected chi connectivity index (χ4v) is 5.40. The Balaban J connectivity index is 1.38. The molecule has 0 radical (unpaired) electrons. The Labute approximate surface area is 175 Å². The van der Waals surface area contributed by atoms with Crippen molar-refractivity contribution in [2.24, 2.45) is 0 Å². The van der Waals surface area contributed by atoms with Crippen LogP contribution in [0, 0.1) is 11.3 Å². The van der Waals surface area contributed by atoms with Gasteiger partial charge in [0.05, 0.1) is 22.6 Å². The van der Waals surface area contributed by atoms with E-state index < -0.39 is 18.5 Å². The van der Waals surface area contributed by atoms with Crippen LogP contribution < -0.4 is 10.6 Å². The van der Waals surface area contributed by atoms with Crippen molar-refractivity contribution in [1.82, 2.24) is 0 Å². The number of hydrogen-bond acceptors (Lipinski definition) is 7. The number of carbonyl (C=O) groups excluding carboxylic acids is 3. The van der Waals surface area contributed by atoms with E-state index in [1.807, 2.05) is 0 Å². The Kier molecular flexibility index (Phi) is 5.56. The average molecular weight is 428 g/mol. The minimum Gasteiger partial charge on any atom is -0.452 e. The largest absolute Gasteiger partial charge is 0.452 e. The molecule has 1 aliphatic heterocycles. The third kappa shape index (κ3) is 4.13. The third-order valence-corrected chi connectivity index (χ3v) is 7.00. The van der Waals surface area contributed by atoms with Gasteiger partial charge in [0.15, 0.2) is 6.61 Å². The fourth-order valence-electron chi connectivity index (χ4n) is 3.36. The van der Waals surface area contributed by atoms with E-state index in [1.54, 1.807) is 18.2 Å². The van der Waals surface area contributed by atoms with E-state index in [1.165, 1.54) is 23.1 Å². The molecule has 2 aliphatic rings. The highest BCUT2D eigenvalue weighted by Crippen LogP contribution is 2.37. The Hall–Kier alpha value is -2.83. The number of ether oxygens (including phenoxy) is 1. The highest BCUT2D eigenvalue weighted by atomic mass is 32.2. The quantitative estimate of drug-likeness (QED) is 0.725. The van der Waals surface area contributed by atoms with Gasteiger partial charge in [0.25, 0.3) is 5.91 Å². The lowest BCUT2D eigenvalue weighted by atomic mass is 9.96. The topological polar surface area (TPSA) is 108 Å². The lowest BCUT2D eigenvalue weighted by Gasteiger charge is -2.16. The monoisotopic (exact) mass is 427 g/mol. The fraction of sp³-hybridized carbons (Fsp3) is 0.300. The first-order valence-electron chi connectivity index (χ1n) is 9.13. The molecule has 2 heterocycles. The molecule has 0 bridgehead atoms. The molecule has 0 fully saturated rings. The number of thiophene rings is 1. The van der Waals surface area contributed by atoms with Crippen molar-refractivity contribution in [2.75, 3.05) is 23.0 Å². The van der Waals surface area contributed by atoms with Crippen LogP contribution in [-0.2, 0) is 27.2 Å². The number of aryl methyl sites for hydroxylation is 1. The lowest BCUT2D eigenvalue weighted by molar-refractivity contribution is -0.119. The van der Waals surface area contributed by atoms with Gasteiger partial charge in [-0.25, -0.2) is 4.79 Å². The van der Waals surface area contributed by atoms with Gasteiger partial charge in [-0.15, -0.1) is 23.1 Å². The average Bonchev–Trinajstić information content (AvgIpc) is 3.08. The number of hydrogen-bond donors (Lipinski definition) is 2. The van der Waals surface area contributed by atoms with E-state index >= 15 is 0 Å². The smallest absolute Gasteiger partial charge is 0.338 e. The van der Waals surface area contributed by atoms with Crippen LogP contribution in [-0.4, -0.2) is 30.1 Å². The highest BCUT2D eigenvalue weighted by molar-refractivity contribution is 8.00. The molecule has 0 unspecified atom stereocenters. The number of nitriles is 1. The van der Waals surface area contributed by atoms with Crippen LogP contribution >= 0.6 is 23.1 Å². The number of esters is 1. The molecule has 2 aromatic rings. The maximum absolute atomic E-state index is 12.3. The second-order valence-corrected chi connectivity index (χ2v) is 8.82. The van der Waals surface area contributed by atoms with Gasteiger partial charge in [-0.3, -0.25) is 9.59 Å². The molecule has 9 heteroatoms. The summed E-state index contributed by atoms with van der Waals surface area (Å²) in [5.74, 6) is -0.929. The zero-order valence-electron chi connectivity index (χ0n) is 15.4. The number of carbonyl (C=O) groups is 3. The van der Waals surface area contributed by atoms with Crippen LogP contribution in [0.1, 0.15) is 39.2 Å². The molecular weight excluding hydrogens is 410 g/mol. The van der Waals surface area contributed by atoms with Gasteiger partial charge in [0, 0.05) is 9.77 Å². The second-order valence-electron chi connectivity index (χ2n) is 6.70. The van der Waals surface area contributed by atoms with Gasteiger partial charge >= 0.3 is 5.97 Å². The van der Waals surface area contributed by atoms with Crippen LogP contribution in [0.2, 0.25) is 0 Å². The van der Waals surface area contributed by atoms with E-state index in [0.717, 1.165) is 41.0 Å². The normalized spacial score (nSPS) is 14.8. The first kappa shape index (κ1) is 19.5. The van der Waals surface area contributed by atoms with Gasteiger partial charge in [-0.2, -0.15) is 5.26 Å². The number of fused-ring (bicyclic) bond motifs is 2. The van der Waals surface area contributed by atoms with Crippen molar-refractivity contribution in [3.63, 3.8) is 0 Å². The molecule has 1 aliphatic carbocycles. The number of anilines is 2. The lowest BCUT2D eigenvalue weighted by Crippen LogP contribution is -2.22. The molecule has 0 atom stereocenters. The molecular formula is C20H17N3O4S2. The Morgan fingerprint density at radius 3 is 2.93 bits per heavy atom. The van der Waals surface area contributed by atoms with Gasteiger partial charge in [0.1, 0.15) is 11.1 Å². The van der Waals surface area contributed by atoms with E-state index in [-0.39, 0.29) is 11.5 Å². The van der Waals surface area contributed by atoms with Crippen molar-refractivity contribution in [2.45, 2.75) is 30.6 Å². The van der Waals surface area contributed by atoms with Crippen molar-refractivity contribution >= 4 is 51.6 Å². The van der Waals surface area contributed by atoms with E-state index in [0.29, 0.717) is 22.0 Å². The van der Waals surface area contributed by atoms with Gasteiger partial charge in [0.2, 0.25) is 5.91 Å². The summed E-state index contributed by atoms with van der Waals surface area (Å²) in [7, 11) is 0. The number of amides is 2. The first-order chi connectivity index (χ1) is 14.0. The van der Waals surface area contributed by atoms with Crippen molar-refractivity contribution in [1.29, 1.82) is 5.26 Å². The van der Waals surface area contributed by atoms with E-state index in [2.05, 4.69) is 16.7 Å². The summed E-state index contributed by atoms with van der Waals surface area (Å²) in [5, 5.41) is 15.4. The summed E-state index contributed by atoms with van der Waals surface area (Å²) in [6.07, 6.45) is 3.91. The Morgan fingerprint density at radius 2 is 2.10 bits per heavy atom. The van der Waals surface area contributed by atoms with E-state index in [9.17, 15) is 19.6 Å².